The van der Waals surface area contributed by atoms with Gasteiger partial charge in [0.25, 0.3) is 0 Å². The first-order chi connectivity index (χ1) is 8.61. The molecule has 0 saturated carbocycles. The SMILES string of the molecule is COc1ccc(CC(=O)NCC2(C)COC2)cc1. The van der Waals surface area contributed by atoms with Gasteiger partial charge in [0.2, 0.25) is 5.91 Å². The van der Waals surface area contributed by atoms with Crippen LogP contribution in [-0.4, -0.2) is 32.8 Å². The summed E-state index contributed by atoms with van der Waals surface area (Å²) in [4.78, 5) is 11.8. The molecule has 18 heavy (non-hydrogen) atoms. The van der Waals surface area contributed by atoms with Gasteiger partial charge in [0.15, 0.2) is 0 Å². The molecule has 0 unspecified atom stereocenters. The summed E-state index contributed by atoms with van der Waals surface area (Å²) in [5, 5.41) is 2.95. The van der Waals surface area contributed by atoms with Crippen molar-refractivity contribution in [1.82, 2.24) is 5.32 Å². The second kappa shape index (κ2) is 5.40. The molecule has 1 saturated heterocycles. The smallest absolute Gasteiger partial charge is 0.224 e. The lowest BCUT2D eigenvalue weighted by Gasteiger charge is -2.38. The molecule has 1 amide bonds. The molecule has 0 bridgehead atoms. The fourth-order valence-corrected chi connectivity index (χ4v) is 1.86. The van der Waals surface area contributed by atoms with Crippen molar-refractivity contribution in [3.63, 3.8) is 0 Å². The average molecular weight is 249 g/mol. The third-order valence-corrected chi connectivity index (χ3v) is 3.14. The first-order valence-electron chi connectivity index (χ1n) is 6.09. The van der Waals surface area contributed by atoms with Crippen molar-refractivity contribution in [2.24, 2.45) is 5.41 Å². The zero-order valence-electron chi connectivity index (χ0n) is 10.9. The lowest BCUT2D eigenvalue weighted by Crippen LogP contribution is -2.48. The van der Waals surface area contributed by atoms with E-state index in [1.165, 1.54) is 0 Å². The van der Waals surface area contributed by atoms with E-state index in [1.807, 2.05) is 24.3 Å². The van der Waals surface area contributed by atoms with Gasteiger partial charge in [0.1, 0.15) is 5.75 Å². The highest BCUT2D eigenvalue weighted by Crippen LogP contribution is 2.25. The van der Waals surface area contributed by atoms with E-state index in [9.17, 15) is 4.79 Å². The quantitative estimate of drug-likeness (QED) is 0.858. The maximum Gasteiger partial charge on any atom is 0.224 e. The lowest BCUT2D eigenvalue weighted by molar-refractivity contribution is -0.126. The van der Waals surface area contributed by atoms with Crippen LogP contribution in [0.2, 0.25) is 0 Å². The number of ether oxygens (including phenoxy) is 2. The van der Waals surface area contributed by atoms with Crippen LogP contribution in [0, 0.1) is 5.41 Å². The molecule has 1 aromatic rings. The monoisotopic (exact) mass is 249 g/mol. The van der Waals surface area contributed by atoms with E-state index in [0.29, 0.717) is 13.0 Å². The van der Waals surface area contributed by atoms with E-state index in [4.69, 9.17) is 9.47 Å². The Balaban J connectivity index is 1.79. The van der Waals surface area contributed by atoms with E-state index >= 15 is 0 Å². The van der Waals surface area contributed by atoms with Crippen LogP contribution in [0.25, 0.3) is 0 Å². The molecule has 4 nitrogen and oxygen atoms in total. The van der Waals surface area contributed by atoms with Crippen molar-refractivity contribution >= 4 is 5.91 Å². The predicted octanol–water partition coefficient (Wildman–Crippen LogP) is 1.39. The van der Waals surface area contributed by atoms with Gasteiger partial charge < -0.3 is 14.8 Å². The van der Waals surface area contributed by atoms with Crippen LogP contribution in [0.15, 0.2) is 24.3 Å². The molecule has 0 atom stereocenters. The van der Waals surface area contributed by atoms with E-state index < -0.39 is 0 Å². The third-order valence-electron chi connectivity index (χ3n) is 3.14. The summed E-state index contributed by atoms with van der Waals surface area (Å²) < 4.78 is 10.2. The molecular formula is C14H19NO3. The topological polar surface area (TPSA) is 47.6 Å². The standard InChI is InChI=1S/C14H19NO3/c1-14(9-18-10-14)8-15-13(16)7-11-3-5-12(17-2)6-4-11/h3-6H,7-10H2,1-2H3,(H,15,16). The molecule has 0 aliphatic carbocycles. The van der Waals surface area contributed by atoms with Gasteiger partial charge in [-0.05, 0) is 17.7 Å². The van der Waals surface area contributed by atoms with Gasteiger partial charge in [0, 0.05) is 12.0 Å². The first kappa shape index (κ1) is 12.9. The molecule has 0 radical (unpaired) electrons. The first-order valence-corrected chi connectivity index (χ1v) is 6.09. The molecule has 0 spiro atoms. The molecule has 1 N–H and O–H groups in total. The Bertz CT molecular complexity index is 410. The highest BCUT2D eigenvalue weighted by Gasteiger charge is 2.33. The minimum absolute atomic E-state index is 0.0493. The fraction of sp³-hybridized carbons (Fsp3) is 0.500. The molecule has 98 valence electrons. The van der Waals surface area contributed by atoms with Gasteiger partial charge >= 0.3 is 0 Å². The number of benzene rings is 1. The molecule has 1 aromatic carbocycles. The van der Waals surface area contributed by atoms with Crippen LogP contribution in [0.5, 0.6) is 5.75 Å². The number of methoxy groups -OCH3 is 1. The Morgan fingerprint density at radius 1 is 1.39 bits per heavy atom. The van der Waals surface area contributed by atoms with Gasteiger partial charge in [-0.15, -0.1) is 0 Å². The predicted molar refractivity (Wildman–Crippen MR) is 68.6 cm³/mol. The van der Waals surface area contributed by atoms with Crippen LogP contribution in [0.1, 0.15) is 12.5 Å². The summed E-state index contributed by atoms with van der Waals surface area (Å²) in [6.45, 7) is 4.26. The minimum Gasteiger partial charge on any atom is -0.497 e. The largest absolute Gasteiger partial charge is 0.497 e. The van der Waals surface area contributed by atoms with Gasteiger partial charge in [-0.2, -0.15) is 0 Å². The molecule has 2 rings (SSSR count). The van der Waals surface area contributed by atoms with E-state index in [-0.39, 0.29) is 11.3 Å². The van der Waals surface area contributed by atoms with Crippen LogP contribution in [0.3, 0.4) is 0 Å². The highest BCUT2D eigenvalue weighted by atomic mass is 16.5. The van der Waals surface area contributed by atoms with E-state index in [1.54, 1.807) is 7.11 Å². The summed E-state index contributed by atoms with van der Waals surface area (Å²) in [6.07, 6.45) is 0.404. The van der Waals surface area contributed by atoms with Gasteiger partial charge in [0.05, 0.1) is 26.7 Å². The van der Waals surface area contributed by atoms with E-state index in [0.717, 1.165) is 24.5 Å². The number of nitrogens with one attached hydrogen (secondary N) is 1. The zero-order chi connectivity index (χ0) is 13.0. The van der Waals surface area contributed by atoms with Crippen molar-refractivity contribution in [3.8, 4) is 5.75 Å². The molecular weight excluding hydrogens is 230 g/mol. The number of hydrogen-bond acceptors (Lipinski definition) is 3. The summed E-state index contributed by atoms with van der Waals surface area (Å²) in [5.41, 5.74) is 1.11. The molecule has 1 heterocycles. The normalized spacial score (nSPS) is 16.8. The van der Waals surface area contributed by atoms with E-state index in [2.05, 4.69) is 12.2 Å². The zero-order valence-corrected chi connectivity index (χ0v) is 10.9. The van der Waals surface area contributed by atoms with Crippen LogP contribution < -0.4 is 10.1 Å². The summed E-state index contributed by atoms with van der Waals surface area (Å²) in [7, 11) is 1.63. The number of rotatable bonds is 5. The van der Waals surface area contributed by atoms with Crippen LogP contribution in [0.4, 0.5) is 0 Å². The number of hydrogen-bond donors (Lipinski definition) is 1. The second-order valence-corrected chi connectivity index (χ2v) is 5.11. The Kier molecular flexibility index (Phi) is 3.87. The lowest BCUT2D eigenvalue weighted by atomic mass is 9.89. The Morgan fingerprint density at radius 2 is 2.06 bits per heavy atom. The summed E-state index contributed by atoms with van der Waals surface area (Å²) in [6, 6.07) is 7.55. The number of carbonyl (C=O) groups excluding carboxylic acids is 1. The van der Waals surface area contributed by atoms with Crippen molar-refractivity contribution in [1.29, 1.82) is 0 Å². The van der Waals surface area contributed by atoms with Crippen molar-refractivity contribution < 1.29 is 14.3 Å². The minimum atomic E-state index is 0.0493. The number of carbonyl (C=O) groups is 1. The van der Waals surface area contributed by atoms with Crippen LogP contribution >= 0.6 is 0 Å². The van der Waals surface area contributed by atoms with Crippen molar-refractivity contribution in [3.05, 3.63) is 29.8 Å². The number of amides is 1. The molecule has 1 aliphatic heterocycles. The maximum atomic E-state index is 11.8. The Morgan fingerprint density at radius 3 is 2.56 bits per heavy atom. The molecule has 0 aromatic heterocycles. The highest BCUT2D eigenvalue weighted by molar-refractivity contribution is 5.78. The molecule has 1 aliphatic rings. The summed E-state index contributed by atoms with van der Waals surface area (Å²) in [5.74, 6) is 0.853. The molecule has 1 fully saturated rings. The Hall–Kier alpha value is -1.55. The average Bonchev–Trinajstić information content (AvgIpc) is 2.35. The van der Waals surface area contributed by atoms with Crippen molar-refractivity contribution in [2.75, 3.05) is 26.9 Å². The molecule has 4 heteroatoms. The van der Waals surface area contributed by atoms with Crippen LogP contribution in [-0.2, 0) is 16.0 Å². The van der Waals surface area contributed by atoms with Gasteiger partial charge in [-0.3, -0.25) is 4.79 Å². The van der Waals surface area contributed by atoms with Gasteiger partial charge in [-0.25, -0.2) is 0 Å². The summed E-state index contributed by atoms with van der Waals surface area (Å²) >= 11 is 0. The Labute approximate surface area is 107 Å². The second-order valence-electron chi connectivity index (χ2n) is 5.11. The third kappa shape index (κ3) is 3.23. The van der Waals surface area contributed by atoms with Crippen molar-refractivity contribution in [2.45, 2.75) is 13.3 Å². The maximum absolute atomic E-state index is 11.8. The van der Waals surface area contributed by atoms with Gasteiger partial charge in [-0.1, -0.05) is 19.1 Å². The fourth-order valence-electron chi connectivity index (χ4n) is 1.86.